The summed E-state index contributed by atoms with van der Waals surface area (Å²) >= 11 is 0.704. The number of halogens is 6. The smallest absolute Gasteiger partial charge is 0.416 e. The van der Waals surface area contributed by atoms with Gasteiger partial charge in [-0.05, 0) is 71.4 Å². The van der Waals surface area contributed by atoms with Gasteiger partial charge >= 0.3 is 12.4 Å². The van der Waals surface area contributed by atoms with Crippen molar-refractivity contribution < 1.29 is 40.7 Å². The number of nitrogens with one attached hydrogen (secondary N) is 1. The van der Waals surface area contributed by atoms with Gasteiger partial charge in [0.1, 0.15) is 12.4 Å². The predicted octanol–water partition coefficient (Wildman–Crippen LogP) is 8.19. The Morgan fingerprint density at radius 3 is 2.31 bits per heavy atom. The quantitative estimate of drug-likeness (QED) is 0.171. The molecule has 4 aromatic rings. The number of hydrogen-bond donors (Lipinski definition) is 1. The summed E-state index contributed by atoms with van der Waals surface area (Å²) in [5.41, 5.74) is -1.31. The summed E-state index contributed by atoms with van der Waals surface area (Å²) in [4.78, 5) is 23.4. The van der Waals surface area contributed by atoms with Crippen molar-refractivity contribution in [2.75, 3.05) is 0 Å². The first-order chi connectivity index (χ1) is 19.9. The predicted molar refractivity (Wildman–Crippen MR) is 147 cm³/mol. The van der Waals surface area contributed by atoms with E-state index in [9.17, 15) is 35.9 Å². The normalized spacial score (nSPS) is 15.2. The van der Waals surface area contributed by atoms with Gasteiger partial charge in [0.15, 0.2) is 0 Å². The van der Waals surface area contributed by atoms with Gasteiger partial charge in [-0.25, -0.2) is 0 Å². The SMILES string of the molecule is O=C1NC(=O)/C(=C/C=C/c2cc3cc(OCc4ccccc4)ccc3n2Cc2ccc(C(F)(F)F)cc2C(F)(F)F)S1. The minimum atomic E-state index is -5.03. The highest BCUT2D eigenvalue weighted by Crippen LogP contribution is 2.38. The number of amides is 2. The molecular formula is C30H20F6N2O3S. The molecule has 3 aromatic carbocycles. The number of thioether (sulfide) groups is 1. The lowest BCUT2D eigenvalue weighted by Crippen LogP contribution is -2.17. The molecule has 5 nitrogen and oxygen atoms in total. The average Bonchev–Trinajstić information content (AvgIpc) is 3.44. The van der Waals surface area contributed by atoms with Gasteiger partial charge < -0.3 is 9.30 Å². The third kappa shape index (κ3) is 6.54. The molecule has 12 heteroatoms. The fourth-order valence-corrected chi connectivity index (χ4v) is 5.04. The molecule has 0 atom stereocenters. The molecule has 1 saturated heterocycles. The molecule has 2 heterocycles. The molecule has 2 amide bonds. The number of alkyl halides is 6. The highest BCUT2D eigenvalue weighted by molar-refractivity contribution is 8.18. The Balaban J connectivity index is 1.54. The topological polar surface area (TPSA) is 60.3 Å². The van der Waals surface area contributed by atoms with E-state index in [1.807, 2.05) is 30.3 Å². The molecule has 1 aliphatic rings. The highest BCUT2D eigenvalue weighted by atomic mass is 32.2. The van der Waals surface area contributed by atoms with Crippen LogP contribution in [0.2, 0.25) is 0 Å². The van der Waals surface area contributed by atoms with Crippen molar-refractivity contribution in [3.05, 3.63) is 118 Å². The molecule has 0 bridgehead atoms. The van der Waals surface area contributed by atoms with Crippen LogP contribution in [-0.2, 0) is 30.3 Å². The fourth-order valence-electron chi connectivity index (χ4n) is 4.41. The van der Waals surface area contributed by atoms with Crippen molar-refractivity contribution in [3.63, 3.8) is 0 Å². The third-order valence-corrected chi connectivity index (χ3v) is 7.21. The number of hydrogen-bond acceptors (Lipinski definition) is 4. The first kappa shape index (κ1) is 29.1. The van der Waals surface area contributed by atoms with Gasteiger partial charge in [0.25, 0.3) is 11.1 Å². The third-order valence-electron chi connectivity index (χ3n) is 6.38. The van der Waals surface area contributed by atoms with Gasteiger partial charge in [-0.3, -0.25) is 14.9 Å². The van der Waals surface area contributed by atoms with Crippen LogP contribution in [0.1, 0.15) is 27.9 Å². The summed E-state index contributed by atoms with van der Waals surface area (Å²) in [5.74, 6) is -0.0702. The number of benzene rings is 3. The van der Waals surface area contributed by atoms with Gasteiger partial charge in [0.2, 0.25) is 0 Å². The van der Waals surface area contributed by atoms with Gasteiger partial charge in [-0.1, -0.05) is 42.5 Å². The molecule has 1 aromatic heterocycles. The number of ether oxygens (including phenoxy) is 1. The van der Waals surface area contributed by atoms with Crippen LogP contribution in [0.15, 0.2) is 89.9 Å². The van der Waals surface area contributed by atoms with Crippen LogP contribution in [0, 0.1) is 0 Å². The largest absolute Gasteiger partial charge is 0.489 e. The van der Waals surface area contributed by atoms with Crippen molar-refractivity contribution in [1.29, 1.82) is 0 Å². The molecule has 0 aliphatic carbocycles. The Hall–Kier alpha value is -4.45. The standard InChI is InChI=1S/C30H20F6N2O3S/c31-29(32,33)21-10-9-19(24(15-21)30(34,35)36)16-38-22(7-4-8-26-27(39)37-28(40)42-26)13-20-14-23(11-12-25(20)38)41-17-18-5-2-1-3-6-18/h1-15H,16-17H2,(H,37,39,40)/b7-4+,26-8-. The van der Waals surface area contributed by atoms with Crippen LogP contribution in [0.25, 0.3) is 17.0 Å². The molecule has 5 rings (SSSR count). The van der Waals surface area contributed by atoms with E-state index in [0.29, 0.717) is 40.2 Å². The summed E-state index contributed by atoms with van der Waals surface area (Å²) < 4.78 is 88.7. The first-order valence-electron chi connectivity index (χ1n) is 12.4. The Kier molecular flexibility index (Phi) is 7.91. The van der Waals surface area contributed by atoms with Crippen LogP contribution in [-0.4, -0.2) is 15.7 Å². The van der Waals surface area contributed by atoms with E-state index in [2.05, 4.69) is 5.32 Å². The van der Waals surface area contributed by atoms with Crippen molar-refractivity contribution in [3.8, 4) is 5.75 Å². The lowest BCUT2D eigenvalue weighted by Gasteiger charge is -2.18. The minimum absolute atomic E-state index is 0.115. The molecule has 1 N–H and O–H groups in total. The van der Waals surface area contributed by atoms with Gasteiger partial charge in [0.05, 0.1) is 16.0 Å². The highest BCUT2D eigenvalue weighted by Gasteiger charge is 2.38. The number of nitrogens with zero attached hydrogens (tertiary/aromatic N) is 1. The maximum absolute atomic E-state index is 13.9. The lowest BCUT2D eigenvalue weighted by molar-refractivity contribution is -0.143. The molecule has 0 unspecified atom stereocenters. The zero-order valence-corrected chi connectivity index (χ0v) is 22.2. The number of allylic oxidation sites excluding steroid dienone is 2. The van der Waals surface area contributed by atoms with Crippen LogP contribution in [0.5, 0.6) is 5.75 Å². The van der Waals surface area contributed by atoms with Crippen molar-refractivity contribution in [2.24, 2.45) is 0 Å². The van der Waals surface area contributed by atoms with Crippen LogP contribution >= 0.6 is 11.8 Å². The summed E-state index contributed by atoms with van der Waals surface area (Å²) in [6.07, 6.45) is -5.58. The van der Waals surface area contributed by atoms with Crippen molar-refractivity contribution >= 4 is 39.9 Å². The molecular weight excluding hydrogens is 582 g/mol. The molecule has 0 radical (unpaired) electrons. The van der Waals surface area contributed by atoms with Crippen LogP contribution in [0.3, 0.4) is 0 Å². The summed E-state index contributed by atoms with van der Waals surface area (Å²) in [5, 5.41) is 2.20. The number of rotatable bonds is 7. The maximum Gasteiger partial charge on any atom is 0.416 e. The average molecular weight is 603 g/mol. The molecule has 216 valence electrons. The maximum atomic E-state index is 13.9. The van der Waals surface area contributed by atoms with Crippen molar-refractivity contribution in [2.45, 2.75) is 25.5 Å². The second-order valence-corrected chi connectivity index (χ2v) is 10.3. The summed E-state index contributed by atoms with van der Waals surface area (Å²) in [7, 11) is 0. The summed E-state index contributed by atoms with van der Waals surface area (Å²) in [6, 6.07) is 17.7. The lowest BCUT2D eigenvalue weighted by atomic mass is 10.0. The zero-order chi connectivity index (χ0) is 30.1. The van der Waals surface area contributed by atoms with Gasteiger partial charge in [-0.15, -0.1) is 0 Å². The van der Waals surface area contributed by atoms with E-state index >= 15 is 0 Å². The first-order valence-corrected chi connectivity index (χ1v) is 13.2. The molecule has 0 spiro atoms. The van der Waals surface area contributed by atoms with E-state index in [1.54, 1.807) is 24.3 Å². The Morgan fingerprint density at radius 2 is 1.64 bits per heavy atom. The van der Waals surface area contributed by atoms with E-state index in [1.165, 1.54) is 22.8 Å². The number of imide groups is 1. The van der Waals surface area contributed by atoms with Crippen LogP contribution in [0.4, 0.5) is 31.1 Å². The van der Waals surface area contributed by atoms with Crippen LogP contribution < -0.4 is 10.1 Å². The minimum Gasteiger partial charge on any atom is -0.489 e. The number of fused-ring (bicyclic) bond motifs is 1. The zero-order valence-electron chi connectivity index (χ0n) is 21.4. The summed E-state index contributed by atoms with van der Waals surface area (Å²) in [6.45, 7) is -0.114. The van der Waals surface area contributed by atoms with E-state index in [0.717, 1.165) is 11.6 Å². The fraction of sp³-hybridized carbons (Fsp3) is 0.133. The second-order valence-electron chi connectivity index (χ2n) is 9.25. The second kappa shape index (κ2) is 11.4. The van der Waals surface area contributed by atoms with E-state index in [-0.39, 0.29) is 23.1 Å². The Morgan fingerprint density at radius 1 is 0.881 bits per heavy atom. The number of carbonyl (C=O) groups excluding carboxylic acids is 2. The van der Waals surface area contributed by atoms with E-state index < -0.39 is 41.2 Å². The molecule has 1 fully saturated rings. The van der Waals surface area contributed by atoms with Gasteiger partial charge in [-0.2, -0.15) is 26.3 Å². The molecule has 0 saturated carbocycles. The number of carbonyl (C=O) groups is 2. The van der Waals surface area contributed by atoms with Crippen molar-refractivity contribution in [1.82, 2.24) is 9.88 Å². The molecule has 42 heavy (non-hydrogen) atoms. The molecule has 1 aliphatic heterocycles. The number of aromatic nitrogens is 1. The van der Waals surface area contributed by atoms with Gasteiger partial charge in [0, 0.05) is 23.1 Å². The monoisotopic (exact) mass is 602 g/mol. The Labute approximate surface area is 239 Å². The Bertz CT molecular complexity index is 1720. The van der Waals surface area contributed by atoms with E-state index in [4.69, 9.17) is 4.74 Å².